The molecule has 1 fully saturated rings. The molecule has 0 radical (unpaired) electrons. The second-order valence-corrected chi connectivity index (χ2v) is 10.8. The number of pyridine rings is 1. The summed E-state index contributed by atoms with van der Waals surface area (Å²) in [5.74, 6) is 1.41. The van der Waals surface area contributed by atoms with Gasteiger partial charge in [-0.2, -0.15) is 0 Å². The molecule has 1 atom stereocenters. The lowest BCUT2D eigenvalue weighted by Crippen LogP contribution is -2.49. The minimum Gasteiger partial charge on any atom is -0.497 e. The first-order chi connectivity index (χ1) is 17.7. The van der Waals surface area contributed by atoms with E-state index in [0.717, 1.165) is 42.8 Å². The first kappa shape index (κ1) is 25.0. The largest absolute Gasteiger partial charge is 0.497 e. The van der Waals surface area contributed by atoms with Gasteiger partial charge in [0.2, 0.25) is 0 Å². The fraction of sp³-hybridized carbons (Fsp3) is 0.429. The lowest BCUT2D eigenvalue weighted by Gasteiger charge is -2.40. The number of methoxy groups -OCH3 is 1. The summed E-state index contributed by atoms with van der Waals surface area (Å²) >= 11 is 0. The van der Waals surface area contributed by atoms with Crippen LogP contribution in [0, 0.1) is 13.8 Å². The van der Waals surface area contributed by atoms with E-state index in [2.05, 4.69) is 83.1 Å². The molecule has 1 aliphatic heterocycles. The Kier molecular flexibility index (Phi) is 6.49. The van der Waals surface area contributed by atoms with Crippen molar-refractivity contribution >= 4 is 16.6 Å². The van der Waals surface area contributed by atoms with Gasteiger partial charge >= 0.3 is 0 Å². The number of nitrogens with zero attached hydrogens (tertiary/aromatic N) is 6. The SMILES string of the molecule is COc1ccc2[nH]c(=O)c([C@H](c3nnnn3C(C)(C)C)N3CCN(c4cccc(C)c4C)CC3)cc2c1. The van der Waals surface area contributed by atoms with Gasteiger partial charge in [-0.3, -0.25) is 9.69 Å². The number of hydrogen-bond donors (Lipinski definition) is 1. The number of aromatic amines is 1. The van der Waals surface area contributed by atoms with Crippen molar-refractivity contribution < 1.29 is 4.74 Å². The molecule has 2 aromatic heterocycles. The van der Waals surface area contributed by atoms with Crippen LogP contribution in [0.15, 0.2) is 47.3 Å². The number of anilines is 1. The molecule has 0 bridgehead atoms. The third-order valence-electron chi connectivity index (χ3n) is 7.34. The number of aryl methyl sites for hydroxylation is 1. The molecule has 9 nitrogen and oxygen atoms in total. The Hall–Kier alpha value is -3.72. The zero-order valence-corrected chi connectivity index (χ0v) is 22.4. The van der Waals surface area contributed by atoms with Gasteiger partial charge < -0.3 is 14.6 Å². The quantitative estimate of drug-likeness (QED) is 0.445. The van der Waals surface area contributed by atoms with E-state index in [1.54, 1.807) is 7.11 Å². The van der Waals surface area contributed by atoms with E-state index in [9.17, 15) is 4.79 Å². The lowest BCUT2D eigenvalue weighted by atomic mass is 10.0. The van der Waals surface area contributed by atoms with Crippen molar-refractivity contribution in [3.05, 3.63) is 75.3 Å². The molecule has 37 heavy (non-hydrogen) atoms. The summed E-state index contributed by atoms with van der Waals surface area (Å²) in [7, 11) is 1.64. The van der Waals surface area contributed by atoms with Crippen molar-refractivity contribution in [1.29, 1.82) is 0 Å². The van der Waals surface area contributed by atoms with E-state index in [4.69, 9.17) is 4.74 Å². The number of fused-ring (bicyclic) bond motifs is 1. The average Bonchev–Trinajstić information content (AvgIpc) is 3.37. The van der Waals surface area contributed by atoms with Crippen molar-refractivity contribution in [2.24, 2.45) is 0 Å². The fourth-order valence-electron chi connectivity index (χ4n) is 5.17. The highest BCUT2D eigenvalue weighted by atomic mass is 16.5. The summed E-state index contributed by atoms with van der Waals surface area (Å²) in [6.45, 7) is 13.8. The van der Waals surface area contributed by atoms with Crippen molar-refractivity contribution in [3.8, 4) is 5.75 Å². The van der Waals surface area contributed by atoms with Gasteiger partial charge in [-0.25, -0.2) is 4.68 Å². The Bertz CT molecular complexity index is 1480. The molecule has 0 saturated carbocycles. The number of nitrogens with one attached hydrogen (secondary N) is 1. The second kappa shape index (κ2) is 9.63. The van der Waals surface area contributed by atoms with Gasteiger partial charge in [-0.05, 0) is 86.5 Å². The van der Waals surface area contributed by atoms with E-state index in [1.807, 2.05) is 28.9 Å². The Morgan fingerprint density at radius 3 is 2.49 bits per heavy atom. The van der Waals surface area contributed by atoms with Crippen LogP contribution in [0.4, 0.5) is 5.69 Å². The van der Waals surface area contributed by atoms with Crippen molar-refractivity contribution in [1.82, 2.24) is 30.1 Å². The van der Waals surface area contributed by atoms with Crippen LogP contribution >= 0.6 is 0 Å². The Morgan fingerprint density at radius 1 is 1.03 bits per heavy atom. The zero-order valence-electron chi connectivity index (χ0n) is 22.4. The summed E-state index contributed by atoms with van der Waals surface area (Å²) in [6, 6.07) is 13.7. The monoisotopic (exact) mass is 501 g/mol. The van der Waals surface area contributed by atoms with Crippen LogP contribution in [0.25, 0.3) is 10.9 Å². The van der Waals surface area contributed by atoms with Crippen LogP contribution in [0.5, 0.6) is 5.75 Å². The highest BCUT2D eigenvalue weighted by Crippen LogP contribution is 2.32. The summed E-state index contributed by atoms with van der Waals surface area (Å²) in [4.78, 5) is 21.3. The second-order valence-electron chi connectivity index (χ2n) is 10.8. The molecule has 0 unspecified atom stereocenters. The minimum absolute atomic E-state index is 0.136. The van der Waals surface area contributed by atoms with E-state index >= 15 is 0 Å². The molecule has 1 aliphatic rings. The van der Waals surface area contributed by atoms with Crippen LogP contribution in [-0.2, 0) is 5.54 Å². The topological polar surface area (TPSA) is 92.2 Å². The van der Waals surface area contributed by atoms with E-state index in [-0.39, 0.29) is 11.1 Å². The number of hydrogen-bond acceptors (Lipinski definition) is 7. The Balaban J connectivity index is 1.56. The van der Waals surface area contributed by atoms with Crippen LogP contribution in [0.2, 0.25) is 0 Å². The zero-order chi connectivity index (χ0) is 26.3. The summed E-state index contributed by atoms with van der Waals surface area (Å²) in [6.07, 6.45) is 0. The fourth-order valence-corrected chi connectivity index (χ4v) is 5.17. The number of benzene rings is 2. The summed E-state index contributed by atoms with van der Waals surface area (Å²) in [5.41, 5.74) is 4.79. The molecule has 9 heteroatoms. The average molecular weight is 502 g/mol. The van der Waals surface area contributed by atoms with Crippen LogP contribution in [0.1, 0.15) is 49.3 Å². The highest BCUT2D eigenvalue weighted by molar-refractivity contribution is 5.80. The number of aromatic nitrogens is 5. The van der Waals surface area contributed by atoms with Crippen molar-refractivity contribution in [2.75, 3.05) is 38.2 Å². The maximum atomic E-state index is 13.5. The molecular formula is C28H35N7O2. The smallest absolute Gasteiger partial charge is 0.253 e. The maximum Gasteiger partial charge on any atom is 0.253 e. The molecule has 4 aromatic rings. The predicted molar refractivity (Wildman–Crippen MR) is 145 cm³/mol. The molecule has 1 saturated heterocycles. The molecule has 0 aliphatic carbocycles. The Labute approximate surface area is 217 Å². The molecule has 194 valence electrons. The molecule has 2 aromatic carbocycles. The van der Waals surface area contributed by atoms with Gasteiger partial charge in [0, 0.05) is 48.3 Å². The summed E-state index contributed by atoms with van der Waals surface area (Å²) in [5, 5.41) is 13.7. The van der Waals surface area contributed by atoms with E-state index < -0.39 is 6.04 Å². The number of piperazine rings is 1. The van der Waals surface area contributed by atoms with Gasteiger partial charge in [-0.1, -0.05) is 12.1 Å². The Morgan fingerprint density at radius 2 is 1.78 bits per heavy atom. The van der Waals surface area contributed by atoms with Crippen molar-refractivity contribution in [3.63, 3.8) is 0 Å². The first-order valence-corrected chi connectivity index (χ1v) is 12.7. The van der Waals surface area contributed by atoms with E-state index in [1.165, 1.54) is 16.8 Å². The molecule has 1 N–H and O–H groups in total. The molecule has 3 heterocycles. The van der Waals surface area contributed by atoms with Gasteiger partial charge in [0.05, 0.1) is 12.6 Å². The predicted octanol–water partition coefficient (Wildman–Crippen LogP) is 3.81. The van der Waals surface area contributed by atoms with Crippen LogP contribution < -0.4 is 15.2 Å². The number of tetrazole rings is 1. The van der Waals surface area contributed by atoms with Crippen molar-refractivity contribution in [2.45, 2.75) is 46.2 Å². The van der Waals surface area contributed by atoms with Gasteiger partial charge in [0.1, 0.15) is 11.8 Å². The van der Waals surface area contributed by atoms with E-state index in [0.29, 0.717) is 11.4 Å². The molecule has 0 spiro atoms. The van der Waals surface area contributed by atoms with Gasteiger partial charge in [0.15, 0.2) is 5.82 Å². The molecule has 5 rings (SSSR count). The number of H-pyrrole nitrogens is 1. The third kappa shape index (κ3) is 4.71. The number of rotatable bonds is 5. The molecular weight excluding hydrogens is 466 g/mol. The third-order valence-corrected chi connectivity index (χ3v) is 7.34. The normalized spacial score (nSPS) is 15.8. The lowest BCUT2D eigenvalue weighted by molar-refractivity contribution is 0.190. The molecule has 0 amide bonds. The first-order valence-electron chi connectivity index (χ1n) is 12.7. The summed E-state index contributed by atoms with van der Waals surface area (Å²) < 4.78 is 7.27. The maximum absolute atomic E-state index is 13.5. The van der Waals surface area contributed by atoms with Crippen LogP contribution in [0.3, 0.4) is 0 Å². The van der Waals surface area contributed by atoms with Gasteiger partial charge in [0.25, 0.3) is 5.56 Å². The minimum atomic E-state index is -0.394. The number of ether oxygens (including phenoxy) is 1. The highest BCUT2D eigenvalue weighted by Gasteiger charge is 2.35. The van der Waals surface area contributed by atoms with Crippen LogP contribution in [-0.4, -0.2) is 63.4 Å². The standard InChI is InChI=1S/C28H35N7O2/c1-18-8-7-9-24(19(18)2)33-12-14-34(15-13-33)25(26-30-31-32-35(26)28(3,4)5)22-17-20-16-21(37-6)10-11-23(20)29-27(22)36/h7-11,16-17,25H,12-15H2,1-6H3,(H,29,36)/t25-/m1/s1. The van der Waals surface area contributed by atoms with Gasteiger partial charge in [-0.15, -0.1) is 5.10 Å².